The van der Waals surface area contributed by atoms with Crippen LogP contribution in [0.2, 0.25) is 0 Å². The minimum absolute atomic E-state index is 0.0724. The minimum atomic E-state index is -0.141. The number of amides is 1. The second-order valence-electron chi connectivity index (χ2n) is 8.57. The number of carbonyl (C=O) groups is 1. The predicted molar refractivity (Wildman–Crippen MR) is 131 cm³/mol. The Morgan fingerprint density at radius 3 is 2.69 bits per heavy atom. The Balaban J connectivity index is 1.34. The van der Waals surface area contributed by atoms with Crippen LogP contribution in [-0.4, -0.2) is 65.6 Å². The number of likely N-dealkylation sites (tertiary alicyclic amines) is 1. The summed E-state index contributed by atoms with van der Waals surface area (Å²) in [6, 6.07) is 8.29. The fraction of sp³-hybridized carbons (Fsp3) is 0.625. The van der Waals surface area contributed by atoms with Crippen molar-refractivity contribution in [3.63, 3.8) is 0 Å². The summed E-state index contributed by atoms with van der Waals surface area (Å²) in [5.74, 6) is 1.88. The first kappa shape index (κ1) is 24.0. The Hall–Kier alpha value is -2.61. The summed E-state index contributed by atoms with van der Waals surface area (Å²) in [5, 5.41) is 6.79. The maximum atomic E-state index is 11.3. The number of imidazole rings is 1. The number of fused-ring (bicyclic) bond motifs is 1. The monoisotopic (exact) mass is 441 g/mol. The van der Waals surface area contributed by atoms with Crippen LogP contribution in [0, 0.1) is 12.8 Å². The van der Waals surface area contributed by atoms with Crippen molar-refractivity contribution in [2.75, 3.05) is 39.3 Å². The van der Waals surface area contributed by atoms with E-state index in [1.165, 1.54) is 5.52 Å². The smallest absolute Gasteiger partial charge is 0.220 e. The molecule has 8 heteroatoms. The van der Waals surface area contributed by atoms with Gasteiger partial charge in [-0.1, -0.05) is 12.1 Å². The van der Waals surface area contributed by atoms with Crippen molar-refractivity contribution in [2.24, 2.45) is 16.6 Å². The van der Waals surface area contributed by atoms with Crippen molar-refractivity contribution >= 4 is 22.9 Å². The number of aliphatic imine (C=N–C) groups is 1. The van der Waals surface area contributed by atoms with Crippen molar-refractivity contribution < 1.29 is 4.79 Å². The molecular formula is C24H39N7O. The predicted octanol–water partition coefficient (Wildman–Crippen LogP) is 2.27. The number of guanidine groups is 1. The summed E-state index contributed by atoms with van der Waals surface area (Å²) in [6.07, 6.45) is 5.01. The van der Waals surface area contributed by atoms with Crippen molar-refractivity contribution in [3.05, 3.63) is 30.1 Å². The first-order chi connectivity index (χ1) is 15.6. The van der Waals surface area contributed by atoms with Gasteiger partial charge in [0.2, 0.25) is 5.91 Å². The highest BCUT2D eigenvalue weighted by Crippen LogP contribution is 2.17. The molecule has 4 N–H and O–H groups in total. The molecular weight excluding hydrogens is 402 g/mol. The number of carbonyl (C=O) groups excluding carboxylic acids is 1. The molecule has 1 aromatic carbocycles. The summed E-state index contributed by atoms with van der Waals surface area (Å²) in [5.41, 5.74) is 7.66. The summed E-state index contributed by atoms with van der Waals surface area (Å²) >= 11 is 0. The van der Waals surface area contributed by atoms with E-state index < -0.39 is 0 Å². The van der Waals surface area contributed by atoms with Gasteiger partial charge >= 0.3 is 0 Å². The van der Waals surface area contributed by atoms with E-state index in [9.17, 15) is 4.79 Å². The number of aryl methyl sites for hydroxylation is 2. The van der Waals surface area contributed by atoms with Gasteiger partial charge in [0.05, 0.1) is 11.0 Å². The van der Waals surface area contributed by atoms with Gasteiger partial charge in [-0.05, 0) is 77.7 Å². The van der Waals surface area contributed by atoms with Gasteiger partial charge in [-0.15, -0.1) is 0 Å². The number of primary amides is 1. The van der Waals surface area contributed by atoms with Crippen LogP contribution in [0.4, 0.5) is 0 Å². The quantitative estimate of drug-likeness (QED) is 0.282. The molecule has 2 heterocycles. The Bertz CT molecular complexity index is 884. The van der Waals surface area contributed by atoms with Crippen LogP contribution in [-0.2, 0) is 11.3 Å². The van der Waals surface area contributed by atoms with Crippen molar-refractivity contribution in [2.45, 2.75) is 52.5 Å². The number of hydrogen-bond donors (Lipinski definition) is 3. The molecule has 1 aromatic heterocycles. The van der Waals surface area contributed by atoms with Crippen molar-refractivity contribution in [1.82, 2.24) is 25.1 Å². The number of unbranched alkanes of at least 4 members (excludes halogenated alkanes) is 1. The lowest BCUT2D eigenvalue weighted by molar-refractivity contribution is -0.123. The molecule has 0 spiro atoms. The van der Waals surface area contributed by atoms with Crippen molar-refractivity contribution in [1.29, 1.82) is 0 Å². The number of piperidine rings is 1. The summed E-state index contributed by atoms with van der Waals surface area (Å²) in [6.45, 7) is 10.7. The number of nitrogens with one attached hydrogen (secondary N) is 2. The molecule has 1 fully saturated rings. The Labute approximate surface area is 191 Å². The van der Waals surface area contributed by atoms with Gasteiger partial charge in [0, 0.05) is 32.1 Å². The molecule has 2 aromatic rings. The zero-order chi connectivity index (χ0) is 22.8. The van der Waals surface area contributed by atoms with Crippen LogP contribution >= 0.6 is 0 Å². The third-order valence-electron chi connectivity index (χ3n) is 6.18. The number of para-hydroxylation sites is 2. The lowest BCUT2D eigenvalue weighted by Gasteiger charge is -2.30. The molecule has 1 aliphatic heterocycles. The van der Waals surface area contributed by atoms with Gasteiger partial charge in [0.1, 0.15) is 5.82 Å². The maximum Gasteiger partial charge on any atom is 0.220 e. The molecule has 0 atom stereocenters. The van der Waals surface area contributed by atoms with Crippen molar-refractivity contribution in [3.8, 4) is 0 Å². The molecule has 1 amide bonds. The van der Waals surface area contributed by atoms with Crippen LogP contribution in [0.1, 0.15) is 44.9 Å². The second-order valence-corrected chi connectivity index (χ2v) is 8.57. The van der Waals surface area contributed by atoms with Crippen LogP contribution in [0.5, 0.6) is 0 Å². The van der Waals surface area contributed by atoms with E-state index in [2.05, 4.69) is 57.1 Å². The number of benzene rings is 1. The highest BCUT2D eigenvalue weighted by atomic mass is 16.1. The number of rotatable bonds is 11. The molecule has 176 valence electrons. The van der Waals surface area contributed by atoms with E-state index in [0.29, 0.717) is 0 Å². The van der Waals surface area contributed by atoms with Gasteiger partial charge in [-0.3, -0.25) is 9.79 Å². The fourth-order valence-electron chi connectivity index (χ4n) is 4.35. The SMILES string of the molecule is CCNC(=NCCCn1c(C)nc2ccccc21)NCCCCN1CCC(C(N)=O)CC1. The van der Waals surface area contributed by atoms with Gasteiger partial charge in [0.25, 0.3) is 0 Å². The number of aromatic nitrogens is 2. The topological polar surface area (TPSA) is 101 Å². The molecule has 0 aliphatic carbocycles. The zero-order valence-corrected chi connectivity index (χ0v) is 19.6. The average Bonchev–Trinajstić information content (AvgIpc) is 3.11. The van der Waals surface area contributed by atoms with E-state index in [-0.39, 0.29) is 11.8 Å². The third kappa shape index (κ3) is 6.95. The lowest BCUT2D eigenvalue weighted by Crippen LogP contribution is -2.39. The van der Waals surface area contributed by atoms with Crippen LogP contribution in [0.25, 0.3) is 11.0 Å². The molecule has 0 saturated carbocycles. The van der Waals surface area contributed by atoms with E-state index >= 15 is 0 Å². The summed E-state index contributed by atoms with van der Waals surface area (Å²) in [4.78, 5) is 23.1. The molecule has 32 heavy (non-hydrogen) atoms. The second kappa shape index (κ2) is 12.4. The third-order valence-corrected chi connectivity index (χ3v) is 6.18. The molecule has 1 aliphatic rings. The van der Waals surface area contributed by atoms with E-state index in [1.54, 1.807) is 0 Å². The Morgan fingerprint density at radius 2 is 1.94 bits per heavy atom. The largest absolute Gasteiger partial charge is 0.369 e. The van der Waals surface area contributed by atoms with Gasteiger partial charge < -0.3 is 25.8 Å². The minimum Gasteiger partial charge on any atom is -0.369 e. The van der Waals surface area contributed by atoms with Crippen LogP contribution < -0.4 is 16.4 Å². The zero-order valence-electron chi connectivity index (χ0n) is 19.6. The normalized spacial score (nSPS) is 15.9. The molecule has 1 saturated heterocycles. The first-order valence-corrected chi connectivity index (χ1v) is 12.0. The molecule has 8 nitrogen and oxygen atoms in total. The van der Waals surface area contributed by atoms with E-state index in [0.717, 1.165) is 95.2 Å². The molecule has 0 radical (unpaired) electrons. The maximum absolute atomic E-state index is 11.3. The fourth-order valence-corrected chi connectivity index (χ4v) is 4.35. The molecule has 0 bridgehead atoms. The van der Waals surface area contributed by atoms with Gasteiger partial charge in [-0.25, -0.2) is 4.98 Å². The standard InChI is InChI=1S/C24H39N7O/c1-3-26-24(27-13-6-7-15-30-17-11-20(12-18-30)23(25)32)28-14-8-16-31-19(2)29-21-9-4-5-10-22(21)31/h4-5,9-10,20H,3,6-8,11-18H2,1-2H3,(H2,25,32)(H2,26,27,28). The number of hydrogen-bond acceptors (Lipinski definition) is 4. The molecule has 3 rings (SSSR count). The number of nitrogens with zero attached hydrogens (tertiary/aromatic N) is 4. The number of nitrogens with two attached hydrogens (primary N) is 1. The summed E-state index contributed by atoms with van der Waals surface area (Å²) in [7, 11) is 0. The van der Waals surface area contributed by atoms with E-state index in [4.69, 9.17) is 10.7 Å². The van der Waals surface area contributed by atoms with Crippen LogP contribution in [0.15, 0.2) is 29.3 Å². The van der Waals surface area contributed by atoms with E-state index in [1.807, 2.05) is 6.07 Å². The van der Waals surface area contributed by atoms with Gasteiger partial charge in [0.15, 0.2) is 5.96 Å². The Morgan fingerprint density at radius 1 is 1.16 bits per heavy atom. The highest BCUT2D eigenvalue weighted by Gasteiger charge is 2.22. The molecule has 0 unspecified atom stereocenters. The first-order valence-electron chi connectivity index (χ1n) is 12.0. The highest BCUT2D eigenvalue weighted by molar-refractivity contribution is 5.79. The summed E-state index contributed by atoms with van der Waals surface area (Å²) < 4.78 is 2.28. The Kier molecular flexibility index (Phi) is 9.34. The van der Waals surface area contributed by atoms with Crippen LogP contribution in [0.3, 0.4) is 0 Å². The lowest BCUT2D eigenvalue weighted by atomic mass is 9.96. The average molecular weight is 442 g/mol. The van der Waals surface area contributed by atoms with Gasteiger partial charge in [-0.2, -0.15) is 0 Å².